The zero-order valence-corrected chi connectivity index (χ0v) is 9.76. The van der Waals surface area contributed by atoms with Crippen LogP contribution in [0, 0.1) is 5.92 Å². The summed E-state index contributed by atoms with van der Waals surface area (Å²) >= 11 is 0. The van der Waals surface area contributed by atoms with Crippen LogP contribution < -0.4 is 11.1 Å². The number of rotatable bonds is 4. The third kappa shape index (κ3) is 3.57. The summed E-state index contributed by atoms with van der Waals surface area (Å²) in [7, 11) is -3.83. The van der Waals surface area contributed by atoms with Gasteiger partial charge in [0, 0.05) is 24.8 Å². The molecular weight excluding hydrogens is 235 g/mol. The number of amides is 1. The molecule has 1 saturated heterocycles. The zero-order chi connectivity index (χ0) is 12.3. The minimum atomic E-state index is -3.83. The average Bonchev–Trinajstić information content (AvgIpc) is 2.50. The van der Waals surface area contributed by atoms with Gasteiger partial charge in [-0.1, -0.05) is 0 Å². The van der Waals surface area contributed by atoms with E-state index in [0.717, 1.165) is 12.3 Å². The van der Waals surface area contributed by atoms with Gasteiger partial charge in [0.1, 0.15) is 0 Å². The number of nitrogens with two attached hydrogens (primary N) is 1. The Hall–Kier alpha value is -0.950. The van der Waals surface area contributed by atoms with E-state index in [1.165, 1.54) is 0 Å². The number of halogens is 1. The Balaban J connectivity index is 2.59. The lowest BCUT2D eigenvalue weighted by Gasteiger charge is -2.10. The quantitative estimate of drug-likeness (QED) is 0.716. The van der Waals surface area contributed by atoms with E-state index in [0.29, 0.717) is 13.0 Å². The number of nitrogens with one attached hydrogen (secondary N) is 1. The summed E-state index contributed by atoms with van der Waals surface area (Å²) in [6.07, 6.45) is 2.53. The van der Waals surface area contributed by atoms with E-state index < -0.39 is 21.0 Å². The van der Waals surface area contributed by atoms with E-state index >= 15 is 0 Å². The van der Waals surface area contributed by atoms with E-state index in [4.69, 9.17) is 5.73 Å². The van der Waals surface area contributed by atoms with Crippen LogP contribution in [0.1, 0.15) is 12.8 Å². The second kappa shape index (κ2) is 4.92. The Bertz CT molecular complexity index is 405. The van der Waals surface area contributed by atoms with Crippen molar-refractivity contribution in [2.24, 2.45) is 11.7 Å². The van der Waals surface area contributed by atoms with Crippen molar-refractivity contribution in [2.45, 2.75) is 18.9 Å². The van der Waals surface area contributed by atoms with Crippen molar-refractivity contribution in [3.8, 4) is 0 Å². The first-order chi connectivity index (χ1) is 7.30. The number of sulfone groups is 1. The topological polar surface area (TPSA) is 89.3 Å². The average molecular weight is 250 g/mol. The van der Waals surface area contributed by atoms with E-state index in [1.54, 1.807) is 0 Å². The van der Waals surface area contributed by atoms with Gasteiger partial charge < -0.3 is 11.1 Å². The molecule has 0 aromatic carbocycles. The lowest BCUT2D eigenvalue weighted by molar-refractivity contribution is -0.122. The van der Waals surface area contributed by atoms with Gasteiger partial charge in [0.25, 0.3) is 0 Å². The number of hydrogen-bond acceptors (Lipinski definition) is 4. The second-order valence-corrected chi connectivity index (χ2v) is 5.85. The van der Waals surface area contributed by atoms with Gasteiger partial charge in [-0.3, -0.25) is 4.79 Å². The first-order valence-electron chi connectivity index (χ1n) is 4.91. The van der Waals surface area contributed by atoms with Crippen LogP contribution >= 0.6 is 0 Å². The van der Waals surface area contributed by atoms with Crippen molar-refractivity contribution in [1.29, 1.82) is 0 Å². The zero-order valence-electron chi connectivity index (χ0n) is 8.94. The smallest absolute Gasteiger partial charge is 0.223 e. The molecule has 0 aliphatic carbocycles. The molecule has 1 aliphatic rings. The van der Waals surface area contributed by atoms with Crippen molar-refractivity contribution in [1.82, 2.24) is 5.32 Å². The monoisotopic (exact) mass is 250 g/mol. The highest BCUT2D eigenvalue weighted by molar-refractivity contribution is 7.94. The molecule has 1 rings (SSSR count). The van der Waals surface area contributed by atoms with Crippen LogP contribution in [0.5, 0.6) is 0 Å². The molecule has 92 valence electrons. The Morgan fingerprint density at radius 2 is 2.38 bits per heavy atom. The fraction of sp³-hybridized carbons (Fsp3) is 0.667. The SMILES string of the molecule is CS(=O)(=O)/C(F)=C/[C@@H](N)C[C@@H]1CCNC1=O. The molecule has 5 nitrogen and oxygen atoms in total. The van der Waals surface area contributed by atoms with Gasteiger partial charge in [0.15, 0.2) is 0 Å². The van der Waals surface area contributed by atoms with Crippen molar-refractivity contribution in [3.63, 3.8) is 0 Å². The van der Waals surface area contributed by atoms with Crippen molar-refractivity contribution >= 4 is 15.7 Å². The largest absolute Gasteiger partial charge is 0.356 e. The van der Waals surface area contributed by atoms with Gasteiger partial charge in [-0.15, -0.1) is 0 Å². The number of hydrogen-bond donors (Lipinski definition) is 2. The molecule has 1 fully saturated rings. The summed E-state index contributed by atoms with van der Waals surface area (Å²) in [6.45, 7) is 0.592. The van der Waals surface area contributed by atoms with Crippen LogP contribution in [-0.2, 0) is 14.6 Å². The minimum absolute atomic E-state index is 0.108. The maximum atomic E-state index is 13.0. The fourth-order valence-corrected chi connectivity index (χ4v) is 1.98. The molecule has 0 aromatic rings. The fourth-order valence-electron chi connectivity index (χ4n) is 1.56. The Kier molecular flexibility index (Phi) is 4.03. The maximum Gasteiger partial charge on any atom is 0.223 e. The van der Waals surface area contributed by atoms with E-state index in [1.807, 2.05) is 0 Å². The van der Waals surface area contributed by atoms with Gasteiger partial charge in [-0.05, 0) is 18.9 Å². The lowest BCUT2D eigenvalue weighted by Crippen LogP contribution is -2.27. The van der Waals surface area contributed by atoms with Gasteiger partial charge >= 0.3 is 0 Å². The molecule has 0 unspecified atom stereocenters. The molecule has 0 spiro atoms. The Morgan fingerprint density at radius 3 is 2.81 bits per heavy atom. The molecule has 1 aliphatic heterocycles. The summed E-state index contributed by atoms with van der Waals surface area (Å²) in [5.74, 6) is -0.359. The molecule has 16 heavy (non-hydrogen) atoms. The molecule has 0 bridgehead atoms. The van der Waals surface area contributed by atoms with Crippen LogP contribution in [0.2, 0.25) is 0 Å². The summed E-state index contributed by atoms with van der Waals surface area (Å²) in [5, 5.41) is 1.39. The first-order valence-corrected chi connectivity index (χ1v) is 6.80. The van der Waals surface area contributed by atoms with E-state index in [-0.39, 0.29) is 18.2 Å². The van der Waals surface area contributed by atoms with Crippen molar-refractivity contribution in [2.75, 3.05) is 12.8 Å². The first kappa shape index (κ1) is 13.1. The summed E-state index contributed by atoms with van der Waals surface area (Å²) in [4.78, 5) is 11.2. The van der Waals surface area contributed by atoms with Gasteiger partial charge in [-0.2, -0.15) is 4.39 Å². The van der Waals surface area contributed by atoms with Crippen LogP contribution in [0.4, 0.5) is 4.39 Å². The molecule has 7 heteroatoms. The maximum absolute atomic E-state index is 13.0. The highest BCUT2D eigenvalue weighted by Crippen LogP contribution is 2.17. The molecule has 1 heterocycles. The third-order valence-electron chi connectivity index (χ3n) is 2.42. The van der Waals surface area contributed by atoms with Gasteiger partial charge in [-0.25, -0.2) is 8.42 Å². The molecule has 2 atom stereocenters. The normalized spacial score (nSPS) is 24.3. The third-order valence-corrected chi connectivity index (χ3v) is 3.26. The summed E-state index contributed by atoms with van der Waals surface area (Å²) in [6, 6.07) is -0.761. The van der Waals surface area contributed by atoms with Crippen molar-refractivity contribution < 1.29 is 17.6 Å². The van der Waals surface area contributed by atoms with Crippen LogP contribution in [0.15, 0.2) is 11.2 Å². The predicted octanol–water partition coefficient (Wildman–Crippen LogP) is -0.305. The van der Waals surface area contributed by atoms with E-state index in [9.17, 15) is 17.6 Å². The summed E-state index contributed by atoms with van der Waals surface area (Å²) < 4.78 is 34.6. The van der Waals surface area contributed by atoms with Crippen LogP contribution in [0.25, 0.3) is 0 Å². The van der Waals surface area contributed by atoms with Gasteiger partial charge in [0.05, 0.1) is 0 Å². The highest BCUT2D eigenvalue weighted by Gasteiger charge is 2.26. The molecule has 3 N–H and O–H groups in total. The summed E-state index contributed by atoms with van der Waals surface area (Å²) in [5.41, 5.74) is 5.55. The minimum Gasteiger partial charge on any atom is -0.356 e. The Labute approximate surface area is 93.8 Å². The van der Waals surface area contributed by atoms with E-state index in [2.05, 4.69) is 5.32 Å². The standard InChI is InChI=1S/C9H15FN2O3S/c1-16(14,15)8(10)5-7(11)4-6-2-3-12-9(6)13/h5-7H,2-4,11H2,1H3,(H,12,13)/b8-5+/t6-,7-/m0/s1. The van der Waals surface area contributed by atoms with Gasteiger partial charge in [0.2, 0.25) is 20.9 Å². The lowest BCUT2D eigenvalue weighted by atomic mass is 9.99. The number of carbonyl (C=O) groups is 1. The Morgan fingerprint density at radius 1 is 1.75 bits per heavy atom. The van der Waals surface area contributed by atoms with Crippen LogP contribution in [-0.4, -0.2) is 33.2 Å². The predicted molar refractivity (Wildman–Crippen MR) is 57.7 cm³/mol. The molecule has 1 amide bonds. The highest BCUT2D eigenvalue weighted by atomic mass is 32.2. The van der Waals surface area contributed by atoms with Crippen LogP contribution in [0.3, 0.4) is 0 Å². The molecular formula is C9H15FN2O3S. The molecule has 0 aromatic heterocycles. The number of carbonyl (C=O) groups excluding carboxylic acids is 1. The van der Waals surface area contributed by atoms with Crippen molar-refractivity contribution in [3.05, 3.63) is 11.2 Å². The second-order valence-electron chi connectivity index (χ2n) is 3.92. The molecule has 0 saturated carbocycles. The molecule has 0 radical (unpaired) electrons.